The molecule has 1 amide bonds. The monoisotopic (exact) mass is 235 g/mol. The highest BCUT2D eigenvalue weighted by molar-refractivity contribution is 5.98. The lowest BCUT2D eigenvalue weighted by Crippen LogP contribution is -2.40. The Kier molecular flexibility index (Phi) is 3.22. The first-order chi connectivity index (χ1) is 8.08. The van der Waals surface area contributed by atoms with Crippen LogP contribution in [0.4, 0.5) is 4.39 Å². The molecule has 1 saturated heterocycles. The maximum atomic E-state index is 12.9. The Morgan fingerprint density at radius 1 is 1.41 bits per heavy atom. The van der Waals surface area contributed by atoms with Crippen LogP contribution in [0.2, 0.25) is 0 Å². The number of aryl methyl sites for hydroxylation is 1. The minimum atomic E-state index is -0.353. The van der Waals surface area contributed by atoms with E-state index in [0.29, 0.717) is 30.5 Å². The predicted octanol–water partition coefficient (Wildman–Crippen LogP) is 1.94. The van der Waals surface area contributed by atoms with Crippen molar-refractivity contribution in [3.05, 3.63) is 35.1 Å². The van der Waals surface area contributed by atoms with E-state index in [1.165, 1.54) is 23.1 Å². The Hall–Kier alpha value is -1.71. The molecule has 1 heterocycles. The third-order valence-electron chi connectivity index (χ3n) is 2.96. The zero-order valence-corrected chi connectivity index (χ0v) is 9.70. The van der Waals surface area contributed by atoms with Crippen molar-refractivity contribution in [1.29, 1.82) is 0 Å². The molecule has 0 bridgehead atoms. The first-order valence-corrected chi connectivity index (χ1v) is 5.65. The summed E-state index contributed by atoms with van der Waals surface area (Å²) in [6.07, 6.45) is 1.26. The Morgan fingerprint density at radius 2 is 2.18 bits per heavy atom. The second-order valence-corrected chi connectivity index (χ2v) is 4.33. The summed E-state index contributed by atoms with van der Waals surface area (Å²) in [5, 5.41) is 0. The highest BCUT2D eigenvalue weighted by atomic mass is 19.1. The zero-order valence-electron chi connectivity index (χ0n) is 9.70. The summed E-state index contributed by atoms with van der Waals surface area (Å²) in [4.78, 5) is 25.0. The van der Waals surface area contributed by atoms with Gasteiger partial charge in [-0.3, -0.25) is 9.59 Å². The van der Waals surface area contributed by atoms with Gasteiger partial charge in [-0.2, -0.15) is 0 Å². The van der Waals surface area contributed by atoms with Crippen molar-refractivity contribution in [1.82, 2.24) is 4.90 Å². The van der Waals surface area contributed by atoms with Crippen LogP contribution in [-0.2, 0) is 4.79 Å². The number of likely N-dealkylation sites (tertiary alicyclic amines) is 1. The summed E-state index contributed by atoms with van der Waals surface area (Å²) < 4.78 is 12.9. The molecule has 0 N–H and O–H groups in total. The lowest BCUT2D eigenvalue weighted by Gasteiger charge is -2.26. The molecule has 0 spiro atoms. The van der Waals surface area contributed by atoms with E-state index in [1.54, 1.807) is 6.92 Å². The number of nitrogens with zero attached hydrogens (tertiary/aromatic N) is 1. The number of carbonyl (C=O) groups excluding carboxylic acids is 2. The van der Waals surface area contributed by atoms with Crippen LogP contribution in [0.25, 0.3) is 0 Å². The van der Waals surface area contributed by atoms with E-state index in [9.17, 15) is 14.0 Å². The fourth-order valence-corrected chi connectivity index (χ4v) is 2.05. The summed E-state index contributed by atoms with van der Waals surface area (Å²) >= 11 is 0. The van der Waals surface area contributed by atoms with Crippen LogP contribution >= 0.6 is 0 Å². The molecule has 0 aliphatic carbocycles. The Labute approximate surface area is 99.2 Å². The number of ketones is 1. The minimum Gasteiger partial charge on any atom is -0.331 e. The zero-order chi connectivity index (χ0) is 12.4. The summed E-state index contributed by atoms with van der Waals surface area (Å²) in [5.41, 5.74) is 1.08. The molecule has 1 aromatic carbocycles. The summed E-state index contributed by atoms with van der Waals surface area (Å²) in [7, 11) is 0. The quantitative estimate of drug-likeness (QED) is 0.746. The number of carbonyl (C=O) groups is 2. The lowest BCUT2D eigenvalue weighted by atomic mass is 10.0. The molecule has 0 aromatic heterocycles. The number of hydrogen-bond donors (Lipinski definition) is 0. The topological polar surface area (TPSA) is 37.4 Å². The molecule has 0 radical (unpaired) electrons. The van der Waals surface area contributed by atoms with Gasteiger partial charge in [-0.25, -0.2) is 4.39 Å². The van der Waals surface area contributed by atoms with Gasteiger partial charge in [0.15, 0.2) is 5.78 Å². The van der Waals surface area contributed by atoms with Gasteiger partial charge in [0.2, 0.25) is 0 Å². The Balaban J connectivity index is 2.21. The third kappa shape index (κ3) is 2.52. The minimum absolute atomic E-state index is 0.0874. The number of piperidine rings is 1. The fourth-order valence-electron chi connectivity index (χ4n) is 2.05. The van der Waals surface area contributed by atoms with Gasteiger partial charge < -0.3 is 4.90 Å². The van der Waals surface area contributed by atoms with E-state index in [4.69, 9.17) is 0 Å². The molecule has 90 valence electrons. The van der Waals surface area contributed by atoms with Crippen molar-refractivity contribution >= 4 is 11.7 Å². The van der Waals surface area contributed by atoms with E-state index in [2.05, 4.69) is 0 Å². The summed E-state index contributed by atoms with van der Waals surface area (Å²) in [6, 6.07) is 4.08. The molecule has 1 aliphatic heterocycles. The van der Waals surface area contributed by atoms with E-state index < -0.39 is 0 Å². The van der Waals surface area contributed by atoms with Crippen molar-refractivity contribution in [2.24, 2.45) is 0 Å². The van der Waals surface area contributed by atoms with Crippen LogP contribution in [0.3, 0.4) is 0 Å². The van der Waals surface area contributed by atoms with Gasteiger partial charge in [-0.05, 0) is 37.1 Å². The molecule has 1 aliphatic rings. The number of Topliss-reactive ketones (excluding diaryl/α,β-unsaturated/α-hetero) is 1. The van der Waals surface area contributed by atoms with Crippen LogP contribution in [0.15, 0.2) is 18.2 Å². The van der Waals surface area contributed by atoms with Crippen LogP contribution in [0, 0.1) is 12.7 Å². The summed E-state index contributed by atoms with van der Waals surface area (Å²) in [6.45, 7) is 2.47. The molecule has 1 fully saturated rings. The molecule has 2 rings (SSSR count). The second-order valence-electron chi connectivity index (χ2n) is 4.33. The number of hydrogen-bond acceptors (Lipinski definition) is 2. The number of rotatable bonds is 1. The van der Waals surface area contributed by atoms with E-state index in [0.717, 1.165) is 0 Å². The average molecular weight is 235 g/mol. The standard InChI is InChI=1S/C13H14FNO2/c1-9-7-10(14)4-5-12(9)13(17)15-6-2-3-11(16)8-15/h4-5,7H,2-3,6,8H2,1H3. The average Bonchev–Trinajstić information content (AvgIpc) is 2.28. The second kappa shape index (κ2) is 4.65. The van der Waals surface area contributed by atoms with Crippen molar-refractivity contribution in [2.75, 3.05) is 13.1 Å². The van der Waals surface area contributed by atoms with E-state index in [-0.39, 0.29) is 24.1 Å². The molecule has 4 heteroatoms. The van der Waals surface area contributed by atoms with Crippen molar-refractivity contribution < 1.29 is 14.0 Å². The Morgan fingerprint density at radius 3 is 2.82 bits per heavy atom. The van der Waals surface area contributed by atoms with Crippen LogP contribution in [-0.4, -0.2) is 29.7 Å². The first-order valence-electron chi connectivity index (χ1n) is 5.65. The van der Waals surface area contributed by atoms with E-state index in [1.807, 2.05) is 0 Å². The number of halogens is 1. The molecule has 0 unspecified atom stereocenters. The molecule has 0 saturated carbocycles. The lowest BCUT2D eigenvalue weighted by molar-refractivity contribution is -0.121. The van der Waals surface area contributed by atoms with Gasteiger partial charge in [-0.15, -0.1) is 0 Å². The maximum absolute atomic E-state index is 12.9. The normalized spacial score (nSPS) is 16.1. The van der Waals surface area contributed by atoms with Gasteiger partial charge >= 0.3 is 0 Å². The fraction of sp³-hybridized carbons (Fsp3) is 0.385. The molecular formula is C13H14FNO2. The van der Waals surface area contributed by atoms with Crippen LogP contribution in [0.1, 0.15) is 28.8 Å². The van der Waals surface area contributed by atoms with Crippen molar-refractivity contribution in [3.8, 4) is 0 Å². The first kappa shape index (κ1) is 11.8. The molecular weight excluding hydrogens is 221 g/mol. The number of amides is 1. The molecule has 3 nitrogen and oxygen atoms in total. The Bertz CT molecular complexity index is 470. The van der Waals surface area contributed by atoms with Crippen molar-refractivity contribution in [3.63, 3.8) is 0 Å². The van der Waals surface area contributed by atoms with Crippen LogP contribution in [0.5, 0.6) is 0 Å². The highest BCUT2D eigenvalue weighted by Crippen LogP contribution is 2.15. The smallest absolute Gasteiger partial charge is 0.254 e. The van der Waals surface area contributed by atoms with Gasteiger partial charge in [0, 0.05) is 18.5 Å². The van der Waals surface area contributed by atoms with Gasteiger partial charge in [0.25, 0.3) is 5.91 Å². The van der Waals surface area contributed by atoms with Gasteiger partial charge in [0.05, 0.1) is 6.54 Å². The predicted molar refractivity (Wildman–Crippen MR) is 61.3 cm³/mol. The molecule has 1 aromatic rings. The maximum Gasteiger partial charge on any atom is 0.254 e. The molecule has 17 heavy (non-hydrogen) atoms. The largest absolute Gasteiger partial charge is 0.331 e. The highest BCUT2D eigenvalue weighted by Gasteiger charge is 2.23. The SMILES string of the molecule is Cc1cc(F)ccc1C(=O)N1CCCC(=O)C1. The van der Waals surface area contributed by atoms with Gasteiger partial charge in [0.1, 0.15) is 5.82 Å². The van der Waals surface area contributed by atoms with Crippen LogP contribution < -0.4 is 0 Å². The van der Waals surface area contributed by atoms with Crippen molar-refractivity contribution in [2.45, 2.75) is 19.8 Å². The molecule has 0 atom stereocenters. The van der Waals surface area contributed by atoms with Gasteiger partial charge in [-0.1, -0.05) is 0 Å². The third-order valence-corrected chi connectivity index (χ3v) is 2.96. The summed E-state index contributed by atoms with van der Waals surface area (Å²) in [5.74, 6) is -0.450. The van der Waals surface area contributed by atoms with E-state index >= 15 is 0 Å². The number of benzene rings is 1.